The van der Waals surface area contributed by atoms with Gasteiger partial charge in [0.05, 0.1) is 6.33 Å². The van der Waals surface area contributed by atoms with Gasteiger partial charge in [0, 0.05) is 0 Å². The van der Waals surface area contributed by atoms with Gasteiger partial charge in [0.15, 0.2) is 0 Å². The van der Waals surface area contributed by atoms with Crippen molar-refractivity contribution in [3.8, 4) is 0 Å². The van der Waals surface area contributed by atoms with E-state index in [9.17, 15) is 4.39 Å². The van der Waals surface area contributed by atoms with Crippen LogP contribution in [0.4, 0.5) is 9.18 Å². The molecule has 0 fully saturated rings. The standard InChI is InChI=1S/C4H7F.CH2O3/c1-2-3-4-5;2-1(3)4/h3-4H,2H2,1H3;(H2,2,3,4). The first-order valence-corrected chi connectivity index (χ1v) is 2.32. The van der Waals surface area contributed by atoms with Gasteiger partial charge >= 0.3 is 6.16 Å². The molecule has 0 bridgehead atoms. The zero-order valence-corrected chi connectivity index (χ0v) is 5.04. The zero-order valence-electron chi connectivity index (χ0n) is 5.04. The van der Waals surface area contributed by atoms with Crippen molar-refractivity contribution in [2.75, 3.05) is 0 Å². The van der Waals surface area contributed by atoms with Crippen molar-refractivity contribution in [2.45, 2.75) is 13.3 Å². The number of allylic oxidation sites excluding steroid dienone is 1. The molecule has 0 rings (SSSR count). The summed E-state index contributed by atoms with van der Waals surface area (Å²) in [7, 11) is 0. The van der Waals surface area contributed by atoms with Crippen molar-refractivity contribution in [2.24, 2.45) is 0 Å². The van der Waals surface area contributed by atoms with Crippen molar-refractivity contribution >= 4 is 6.16 Å². The molecule has 3 nitrogen and oxygen atoms in total. The molecule has 2 N–H and O–H groups in total. The Labute approximate surface area is 52.4 Å². The maximum absolute atomic E-state index is 10.8. The van der Waals surface area contributed by atoms with Gasteiger partial charge in [-0.1, -0.05) is 13.0 Å². The molecular weight excluding hydrogens is 127 g/mol. The van der Waals surface area contributed by atoms with Crippen molar-refractivity contribution in [1.29, 1.82) is 0 Å². The first kappa shape index (κ1) is 10.8. The summed E-state index contributed by atoms with van der Waals surface area (Å²) in [6, 6.07) is 0. The average molecular weight is 136 g/mol. The minimum atomic E-state index is -1.83. The lowest BCUT2D eigenvalue weighted by molar-refractivity contribution is 0.137. The molecule has 9 heavy (non-hydrogen) atoms. The number of carbonyl (C=O) groups is 1. The molecule has 0 saturated heterocycles. The Morgan fingerprint density at radius 2 is 2.00 bits per heavy atom. The summed E-state index contributed by atoms with van der Waals surface area (Å²) in [5.41, 5.74) is 0. The largest absolute Gasteiger partial charge is 0.503 e. The Kier molecular flexibility index (Phi) is 12.1. The summed E-state index contributed by atoms with van der Waals surface area (Å²) in [5.74, 6) is 0. The van der Waals surface area contributed by atoms with Crippen LogP contribution < -0.4 is 0 Å². The molecule has 0 atom stereocenters. The fraction of sp³-hybridized carbons (Fsp3) is 0.400. The molecule has 0 aliphatic heterocycles. The molecule has 54 valence electrons. The van der Waals surface area contributed by atoms with Crippen molar-refractivity contribution < 1.29 is 19.4 Å². The Hall–Kier alpha value is -1.06. The first-order chi connectivity index (χ1) is 4.15. The Bertz CT molecular complexity index is 86.2. The van der Waals surface area contributed by atoms with Crippen LogP contribution in [0.5, 0.6) is 0 Å². The lowest BCUT2D eigenvalue weighted by Gasteiger charge is -1.62. The summed E-state index contributed by atoms with van der Waals surface area (Å²) in [6.07, 6.45) is 0.969. The molecule has 0 aliphatic rings. The van der Waals surface area contributed by atoms with Gasteiger partial charge in [0.1, 0.15) is 0 Å². The SMILES string of the molecule is CCC=CF.O=C(O)O. The van der Waals surface area contributed by atoms with E-state index in [-0.39, 0.29) is 0 Å². The summed E-state index contributed by atoms with van der Waals surface area (Å²) in [5, 5.41) is 13.9. The molecule has 0 radical (unpaired) electrons. The highest BCUT2D eigenvalue weighted by molar-refractivity contribution is 5.53. The van der Waals surface area contributed by atoms with Crippen molar-refractivity contribution in [1.82, 2.24) is 0 Å². The second-order valence-electron chi connectivity index (χ2n) is 1.05. The molecule has 0 heterocycles. The maximum atomic E-state index is 10.8. The predicted molar refractivity (Wildman–Crippen MR) is 31.2 cm³/mol. The van der Waals surface area contributed by atoms with E-state index < -0.39 is 6.16 Å². The third-order valence-electron chi connectivity index (χ3n) is 0.325. The van der Waals surface area contributed by atoms with Crippen LogP contribution >= 0.6 is 0 Å². The summed E-state index contributed by atoms with van der Waals surface area (Å²) in [4.78, 5) is 8.56. The van der Waals surface area contributed by atoms with Crippen LogP contribution in [0.1, 0.15) is 13.3 Å². The van der Waals surface area contributed by atoms with Gasteiger partial charge < -0.3 is 10.2 Å². The molecule has 0 aromatic heterocycles. The van der Waals surface area contributed by atoms with Crippen LogP contribution in [-0.4, -0.2) is 16.4 Å². The molecule has 0 aromatic carbocycles. The van der Waals surface area contributed by atoms with E-state index in [0.717, 1.165) is 6.42 Å². The van der Waals surface area contributed by atoms with Gasteiger partial charge in [0.25, 0.3) is 0 Å². The number of halogens is 1. The van der Waals surface area contributed by atoms with Crippen LogP contribution in [0.25, 0.3) is 0 Å². The average Bonchev–Trinajstić information content (AvgIpc) is 1.66. The van der Waals surface area contributed by atoms with Crippen LogP contribution in [0.15, 0.2) is 12.4 Å². The number of rotatable bonds is 1. The van der Waals surface area contributed by atoms with Gasteiger partial charge in [-0.05, 0) is 6.42 Å². The first-order valence-electron chi connectivity index (χ1n) is 2.32. The molecule has 4 heteroatoms. The lowest BCUT2D eigenvalue weighted by Crippen LogP contribution is -1.81. The predicted octanol–water partition coefficient (Wildman–Crippen LogP) is 2.10. The molecule has 0 aromatic rings. The molecule has 0 unspecified atom stereocenters. The Balaban J connectivity index is 0. The van der Waals surface area contributed by atoms with Gasteiger partial charge in [-0.25, -0.2) is 9.18 Å². The molecular formula is C5H9FO3. The number of carboxylic acid groups (broad SMARTS) is 2. The fourth-order valence-electron chi connectivity index (χ4n) is 0.0891. The number of hydrogen-bond acceptors (Lipinski definition) is 1. The highest BCUT2D eigenvalue weighted by Gasteiger charge is 1.70. The third kappa shape index (κ3) is 192. The summed E-state index contributed by atoms with van der Waals surface area (Å²) >= 11 is 0. The van der Waals surface area contributed by atoms with Crippen LogP contribution in [0, 0.1) is 0 Å². The van der Waals surface area contributed by atoms with Crippen molar-refractivity contribution in [3.63, 3.8) is 0 Å². The normalized spacial score (nSPS) is 8.22. The monoisotopic (exact) mass is 136 g/mol. The van der Waals surface area contributed by atoms with Gasteiger partial charge in [-0.2, -0.15) is 0 Å². The minimum absolute atomic E-state index is 0.556. The maximum Gasteiger partial charge on any atom is 0.503 e. The van der Waals surface area contributed by atoms with Crippen molar-refractivity contribution in [3.05, 3.63) is 12.4 Å². The minimum Gasteiger partial charge on any atom is -0.450 e. The van der Waals surface area contributed by atoms with Gasteiger partial charge in [0.2, 0.25) is 0 Å². The van der Waals surface area contributed by atoms with E-state index in [2.05, 4.69) is 0 Å². The van der Waals surface area contributed by atoms with Crippen LogP contribution in [0.3, 0.4) is 0 Å². The van der Waals surface area contributed by atoms with E-state index in [0.29, 0.717) is 6.33 Å². The second-order valence-corrected chi connectivity index (χ2v) is 1.05. The van der Waals surface area contributed by atoms with E-state index in [1.165, 1.54) is 6.08 Å². The van der Waals surface area contributed by atoms with Gasteiger partial charge in [-0.15, -0.1) is 0 Å². The van der Waals surface area contributed by atoms with E-state index in [1.807, 2.05) is 6.92 Å². The highest BCUT2D eigenvalue weighted by atomic mass is 19.1. The van der Waals surface area contributed by atoms with Crippen LogP contribution in [0.2, 0.25) is 0 Å². The fourth-order valence-corrected chi connectivity index (χ4v) is 0.0891. The van der Waals surface area contributed by atoms with E-state index >= 15 is 0 Å². The summed E-state index contributed by atoms with van der Waals surface area (Å²) < 4.78 is 10.8. The molecule has 0 aliphatic carbocycles. The topological polar surface area (TPSA) is 57.5 Å². The summed E-state index contributed by atoms with van der Waals surface area (Å²) in [6.45, 7) is 1.88. The second kappa shape index (κ2) is 10.0. The molecule has 0 spiro atoms. The third-order valence-corrected chi connectivity index (χ3v) is 0.325. The van der Waals surface area contributed by atoms with Gasteiger partial charge in [-0.3, -0.25) is 0 Å². The smallest absolute Gasteiger partial charge is 0.450 e. The zero-order chi connectivity index (χ0) is 7.70. The molecule has 0 saturated carbocycles. The van der Waals surface area contributed by atoms with Crippen LogP contribution in [-0.2, 0) is 0 Å². The Morgan fingerprint density at radius 3 is 2.00 bits per heavy atom. The number of hydrogen-bond donors (Lipinski definition) is 2. The quantitative estimate of drug-likeness (QED) is 0.580. The van der Waals surface area contributed by atoms with E-state index in [4.69, 9.17) is 15.0 Å². The van der Waals surface area contributed by atoms with E-state index in [1.54, 1.807) is 0 Å². The molecule has 0 amide bonds. The Morgan fingerprint density at radius 1 is 1.67 bits per heavy atom. The lowest BCUT2D eigenvalue weighted by atomic mass is 10.5. The highest BCUT2D eigenvalue weighted by Crippen LogP contribution is 1.76.